The molecular weight excluding hydrogens is 424 g/mol. The number of nitrogens with one attached hydrogen (secondary N) is 2. The first-order valence-corrected chi connectivity index (χ1v) is 12.6. The largest absolute Gasteiger partial charge is 0.386 e. The number of amides is 2. The van der Waals surface area contributed by atoms with Gasteiger partial charge < -0.3 is 10.4 Å². The lowest BCUT2D eigenvalue weighted by molar-refractivity contribution is 0.0786. The van der Waals surface area contributed by atoms with Crippen LogP contribution in [-0.4, -0.2) is 15.3 Å². The molecule has 2 aliphatic carbocycles. The van der Waals surface area contributed by atoms with Crippen LogP contribution in [0.5, 0.6) is 0 Å². The molecule has 3 N–H and O–H groups in total. The van der Waals surface area contributed by atoms with Crippen molar-refractivity contribution in [2.45, 2.75) is 63.7 Å². The third-order valence-corrected chi connectivity index (χ3v) is 7.76. The first-order chi connectivity index (χ1) is 15.2. The molecule has 2 aliphatic rings. The lowest BCUT2D eigenvalue weighted by Gasteiger charge is -2.18. The van der Waals surface area contributed by atoms with E-state index in [4.69, 9.17) is 5.26 Å². The Kier molecular flexibility index (Phi) is 5.97. The number of nitrogens with zero attached hydrogens (tertiary/aromatic N) is 2. The van der Waals surface area contributed by atoms with Gasteiger partial charge in [-0.25, -0.2) is 13.7 Å². The highest BCUT2D eigenvalue weighted by molar-refractivity contribution is 7.91. The summed E-state index contributed by atoms with van der Waals surface area (Å²) in [5.74, 6) is -0.106. The Morgan fingerprint density at radius 2 is 1.72 bits per heavy atom. The Labute approximate surface area is 189 Å². The van der Waals surface area contributed by atoms with Gasteiger partial charge in [-0.3, -0.25) is 0 Å². The van der Waals surface area contributed by atoms with Crippen molar-refractivity contribution in [3.63, 3.8) is 0 Å². The minimum Gasteiger partial charge on any atom is -0.386 e. The fraction of sp³-hybridized carbons (Fsp3) is 0.417. The monoisotopic (exact) mass is 452 g/mol. The van der Waals surface area contributed by atoms with Crippen LogP contribution < -0.4 is 10.0 Å². The van der Waals surface area contributed by atoms with Crippen LogP contribution in [0.25, 0.3) is 0 Å². The average molecular weight is 453 g/mol. The fourth-order valence-corrected chi connectivity index (χ4v) is 5.91. The zero-order valence-electron chi connectivity index (χ0n) is 18.4. The van der Waals surface area contributed by atoms with Crippen molar-refractivity contribution in [1.82, 2.24) is 4.72 Å². The normalized spacial score (nSPS) is 16.4. The highest BCUT2D eigenvalue weighted by Gasteiger charge is 2.25. The number of carbonyl (C=O) groups excluding carboxylic acids is 1. The minimum atomic E-state index is -3.35. The summed E-state index contributed by atoms with van der Waals surface area (Å²) < 4.78 is 19.4. The third kappa shape index (κ3) is 4.64. The number of hydrogen-bond acceptors (Lipinski definition) is 4. The van der Waals surface area contributed by atoms with Crippen molar-refractivity contribution >= 4 is 21.6 Å². The zero-order valence-corrected chi connectivity index (χ0v) is 19.2. The van der Waals surface area contributed by atoms with E-state index < -0.39 is 21.5 Å². The minimum absolute atomic E-state index is 0.106. The molecule has 0 aromatic heterocycles. The molecule has 2 aromatic carbocycles. The molecule has 0 bridgehead atoms. The van der Waals surface area contributed by atoms with Crippen molar-refractivity contribution < 1.29 is 14.1 Å². The smallest absolute Gasteiger partial charge is 0.355 e. The number of aliphatic hydroxyl groups is 1. The quantitative estimate of drug-likeness (QED) is 0.468. The van der Waals surface area contributed by atoms with Gasteiger partial charge in [0.05, 0.1) is 11.4 Å². The summed E-state index contributed by atoms with van der Waals surface area (Å²) in [6, 6.07) is 8.47. The Morgan fingerprint density at radius 1 is 1.12 bits per heavy atom. The molecule has 1 atom stereocenters. The summed E-state index contributed by atoms with van der Waals surface area (Å²) in [6.45, 7) is 3.36. The van der Waals surface area contributed by atoms with Crippen LogP contribution in [0.4, 0.5) is 10.5 Å². The van der Waals surface area contributed by atoms with E-state index in [1.165, 1.54) is 11.1 Å². The molecule has 0 saturated carbocycles. The summed E-state index contributed by atoms with van der Waals surface area (Å²) >= 11 is 0. The van der Waals surface area contributed by atoms with E-state index in [0.29, 0.717) is 11.1 Å². The number of urea groups is 1. The van der Waals surface area contributed by atoms with Crippen LogP contribution in [0.15, 0.2) is 34.7 Å². The van der Waals surface area contributed by atoms with E-state index in [9.17, 15) is 14.1 Å². The SMILES string of the molecule is CC(C)(O)c1ccc(C[S@@](=O)(=NC(=O)Nc2c3c(cc4c2CCC4)CCC3)NC#N)cc1. The predicted molar refractivity (Wildman–Crippen MR) is 124 cm³/mol. The van der Waals surface area contributed by atoms with Crippen molar-refractivity contribution in [2.24, 2.45) is 4.36 Å². The molecule has 32 heavy (non-hydrogen) atoms. The van der Waals surface area contributed by atoms with Gasteiger partial charge in [0, 0.05) is 5.69 Å². The van der Waals surface area contributed by atoms with Gasteiger partial charge in [0.15, 0.2) is 16.1 Å². The second-order valence-corrected chi connectivity index (χ2v) is 11.0. The topological polar surface area (TPSA) is 115 Å². The van der Waals surface area contributed by atoms with E-state index in [0.717, 1.165) is 55.3 Å². The van der Waals surface area contributed by atoms with Crippen LogP contribution in [0.2, 0.25) is 0 Å². The summed E-state index contributed by atoms with van der Waals surface area (Å²) in [4.78, 5) is 12.8. The maximum absolute atomic E-state index is 13.3. The van der Waals surface area contributed by atoms with Gasteiger partial charge in [-0.15, -0.1) is 4.36 Å². The molecule has 0 spiro atoms. The van der Waals surface area contributed by atoms with E-state index in [1.54, 1.807) is 44.3 Å². The predicted octanol–water partition coefficient (Wildman–Crippen LogP) is 4.08. The number of nitriles is 1. The molecule has 0 radical (unpaired) electrons. The van der Waals surface area contributed by atoms with Crippen LogP contribution in [0, 0.1) is 11.5 Å². The second kappa shape index (κ2) is 8.57. The van der Waals surface area contributed by atoms with Crippen molar-refractivity contribution in [3.05, 3.63) is 63.7 Å². The molecule has 7 nitrogen and oxygen atoms in total. The summed E-state index contributed by atoms with van der Waals surface area (Å²) in [5, 5.41) is 22.1. The number of anilines is 1. The van der Waals surface area contributed by atoms with E-state index in [1.807, 2.05) is 0 Å². The van der Waals surface area contributed by atoms with Crippen molar-refractivity contribution in [3.8, 4) is 6.19 Å². The molecule has 0 fully saturated rings. The first kappa shape index (κ1) is 22.3. The number of benzene rings is 2. The summed E-state index contributed by atoms with van der Waals surface area (Å²) in [7, 11) is -3.35. The van der Waals surface area contributed by atoms with Gasteiger partial charge in [0.25, 0.3) is 0 Å². The van der Waals surface area contributed by atoms with Gasteiger partial charge in [-0.05, 0) is 85.8 Å². The molecular formula is C24H28N4O3S. The van der Waals surface area contributed by atoms with Crippen molar-refractivity contribution in [2.75, 3.05) is 5.32 Å². The molecule has 168 valence electrons. The lowest BCUT2D eigenvalue weighted by atomic mass is 9.98. The first-order valence-electron chi connectivity index (χ1n) is 10.9. The van der Waals surface area contributed by atoms with Gasteiger partial charge in [-0.2, -0.15) is 5.26 Å². The highest BCUT2D eigenvalue weighted by atomic mass is 32.2. The third-order valence-electron chi connectivity index (χ3n) is 6.16. The van der Waals surface area contributed by atoms with E-state index in [2.05, 4.69) is 20.5 Å². The average Bonchev–Trinajstić information content (AvgIpc) is 3.36. The Bertz CT molecular complexity index is 1180. The number of carbonyl (C=O) groups is 1. The van der Waals surface area contributed by atoms with Crippen LogP contribution in [0.1, 0.15) is 60.1 Å². The summed E-state index contributed by atoms with van der Waals surface area (Å²) in [6.07, 6.45) is 7.65. The van der Waals surface area contributed by atoms with Crippen molar-refractivity contribution in [1.29, 1.82) is 5.26 Å². The zero-order chi connectivity index (χ0) is 22.9. The molecule has 0 heterocycles. The summed E-state index contributed by atoms with van der Waals surface area (Å²) in [5.41, 5.74) is 6.08. The second-order valence-electron chi connectivity index (χ2n) is 9.01. The molecule has 0 aliphatic heterocycles. The molecule has 4 rings (SSSR count). The van der Waals surface area contributed by atoms with Gasteiger partial charge in [-0.1, -0.05) is 30.3 Å². The van der Waals surface area contributed by atoms with Crippen LogP contribution in [0.3, 0.4) is 0 Å². The standard InChI is InChI=1S/C24H28N4O3S/c1-24(2,30)19-11-9-16(10-12-19)14-32(31,26-15-25)28-23(29)27-22-20-7-3-5-17(20)13-18-6-4-8-21(18)22/h9-13,30H,3-8,14H2,1-2H3,(H2,26,27,28,29,31)/t32-/m0/s1. The number of fused-ring (bicyclic) bond motifs is 2. The molecule has 8 heteroatoms. The van der Waals surface area contributed by atoms with Gasteiger partial charge in [0.2, 0.25) is 0 Å². The van der Waals surface area contributed by atoms with E-state index >= 15 is 0 Å². The van der Waals surface area contributed by atoms with Gasteiger partial charge in [0.1, 0.15) is 0 Å². The lowest BCUT2D eigenvalue weighted by Crippen LogP contribution is -2.23. The van der Waals surface area contributed by atoms with E-state index in [-0.39, 0.29) is 5.75 Å². The van der Waals surface area contributed by atoms with Crippen LogP contribution >= 0.6 is 0 Å². The Morgan fingerprint density at radius 3 is 2.25 bits per heavy atom. The Hall–Kier alpha value is -2.89. The maximum Gasteiger partial charge on any atom is 0.355 e. The fourth-order valence-electron chi connectivity index (χ4n) is 4.63. The van der Waals surface area contributed by atoms with Crippen LogP contribution in [-0.2, 0) is 47.0 Å². The highest BCUT2D eigenvalue weighted by Crippen LogP contribution is 2.38. The van der Waals surface area contributed by atoms with Gasteiger partial charge >= 0.3 is 6.03 Å². The number of hydrogen-bond donors (Lipinski definition) is 3. The maximum atomic E-state index is 13.3. The molecule has 0 unspecified atom stereocenters. The molecule has 2 amide bonds. The Balaban J connectivity index is 1.60. The number of aryl methyl sites for hydroxylation is 2. The molecule has 2 aromatic rings. The molecule has 0 saturated heterocycles. The number of rotatable bonds is 5.